The van der Waals surface area contributed by atoms with E-state index in [4.69, 9.17) is 16.3 Å². The molecule has 2 aliphatic heterocycles. The van der Waals surface area contributed by atoms with Gasteiger partial charge in [0, 0.05) is 42.3 Å². The van der Waals surface area contributed by atoms with Crippen LogP contribution in [-0.4, -0.2) is 73.4 Å². The van der Waals surface area contributed by atoms with Crippen LogP contribution >= 0.6 is 11.6 Å². The molecule has 0 saturated carbocycles. The molecule has 2 amide bonds. The van der Waals surface area contributed by atoms with Crippen molar-refractivity contribution in [2.75, 3.05) is 32.8 Å². The molecule has 0 bridgehead atoms. The summed E-state index contributed by atoms with van der Waals surface area (Å²) in [4.78, 5) is 29.1. The lowest BCUT2D eigenvalue weighted by Crippen LogP contribution is -2.44. The van der Waals surface area contributed by atoms with Gasteiger partial charge in [-0.1, -0.05) is 23.7 Å². The summed E-state index contributed by atoms with van der Waals surface area (Å²) in [6, 6.07) is 4.60. The van der Waals surface area contributed by atoms with Crippen LogP contribution in [0, 0.1) is 0 Å². The molecule has 29 heavy (non-hydrogen) atoms. The van der Waals surface area contributed by atoms with E-state index in [0.717, 1.165) is 0 Å². The Bertz CT molecular complexity index is 1070. The van der Waals surface area contributed by atoms with Gasteiger partial charge in [-0.3, -0.25) is 14.7 Å². The Morgan fingerprint density at radius 3 is 2.90 bits per heavy atom. The molecule has 11 heteroatoms. The summed E-state index contributed by atoms with van der Waals surface area (Å²) >= 11 is 6.22. The Hall–Kier alpha value is -2.43. The summed E-state index contributed by atoms with van der Waals surface area (Å²) in [5, 5.41) is 4.14. The third-order valence-corrected chi connectivity index (χ3v) is 7.21. The van der Waals surface area contributed by atoms with Crippen LogP contribution in [0.3, 0.4) is 0 Å². The van der Waals surface area contributed by atoms with Crippen LogP contribution in [0.1, 0.15) is 6.42 Å². The number of carbonyl (C=O) groups excluding carboxylic acids is 2. The first-order chi connectivity index (χ1) is 13.9. The molecule has 0 spiro atoms. The lowest BCUT2D eigenvalue weighted by Gasteiger charge is -2.19. The number of aromatic nitrogens is 1. The number of rotatable bonds is 5. The van der Waals surface area contributed by atoms with Gasteiger partial charge in [0.15, 0.2) is 0 Å². The first kappa shape index (κ1) is 19.9. The maximum absolute atomic E-state index is 13.2. The van der Waals surface area contributed by atoms with E-state index >= 15 is 0 Å². The number of pyridine rings is 1. The predicted octanol–water partition coefficient (Wildman–Crippen LogP) is 1.22. The predicted molar refractivity (Wildman–Crippen MR) is 105 cm³/mol. The Morgan fingerprint density at radius 2 is 2.14 bits per heavy atom. The number of nitrogens with one attached hydrogen (secondary N) is 1. The van der Waals surface area contributed by atoms with Gasteiger partial charge in [0.05, 0.1) is 16.5 Å². The van der Waals surface area contributed by atoms with E-state index in [1.165, 1.54) is 21.5 Å². The monoisotopic (exact) mass is 438 g/mol. The normalized spacial score (nSPS) is 20.2. The number of fused-ring (bicyclic) bond motifs is 1. The number of nitrogens with zero attached hydrogens (tertiary/aromatic N) is 3. The largest absolute Gasteiger partial charge is 0.448 e. The molecule has 3 heterocycles. The van der Waals surface area contributed by atoms with Gasteiger partial charge in [-0.2, -0.15) is 4.31 Å². The Morgan fingerprint density at radius 1 is 1.31 bits per heavy atom. The molecular weight excluding hydrogens is 420 g/mol. The number of hydrogen-bond acceptors (Lipinski definition) is 6. The molecule has 1 N–H and O–H groups in total. The van der Waals surface area contributed by atoms with Crippen LogP contribution in [0.4, 0.5) is 4.79 Å². The molecule has 1 aromatic carbocycles. The third-order valence-electron chi connectivity index (χ3n) is 5.01. The van der Waals surface area contributed by atoms with Gasteiger partial charge in [0.1, 0.15) is 13.2 Å². The molecule has 4 rings (SSSR count). The maximum atomic E-state index is 13.2. The molecule has 0 radical (unpaired) electrons. The molecule has 0 unspecified atom stereocenters. The fraction of sp³-hybridized carbons (Fsp3) is 0.389. The van der Waals surface area contributed by atoms with Crippen molar-refractivity contribution in [2.45, 2.75) is 17.4 Å². The second-order valence-corrected chi connectivity index (χ2v) is 9.24. The fourth-order valence-electron chi connectivity index (χ4n) is 3.59. The molecule has 2 aliphatic rings. The lowest BCUT2D eigenvalue weighted by molar-refractivity contribution is -0.122. The second kappa shape index (κ2) is 7.77. The molecule has 0 aliphatic carbocycles. The van der Waals surface area contributed by atoms with Gasteiger partial charge in [-0.15, -0.1) is 0 Å². The van der Waals surface area contributed by atoms with Crippen molar-refractivity contribution >= 4 is 44.4 Å². The number of sulfonamides is 1. The van der Waals surface area contributed by atoms with E-state index < -0.39 is 16.1 Å². The molecule has 2 fully saturated rings. The van der Waals surface area contributed by atoms with Crippen LogP contribution in [0.25, 0.3) is 10.8 Å². The number of halogens is 1. The summed E-state index contributed by atoms with van der Waals surface area (Å²) in [6.45, 7) is 0.961. The number of hydrogen-bond donors (Lipinski definition) is 1. The standard InChI is InChI=1S/C18H19ClN4O5S/c19-14-9-20-8-12-2-1-3-15(17(12)14)29(26,27)23-5-4-13(10-23)21-16(24)11-22-6-7-28-18(22)25/h1-3,8-9,13H,4-7,10-11H2,(H,21,24)/t13-/m1/s1. The van der Waals surface area contributed by atoms with Crippen LogP contribution in [-0.2, 0) is 19.6 Å². The summed E-state index contributed by atoms with van der Waals surface area (Å²) in [5.41, 5.74) is 0. The average molecular weight is 439 g/mol. The molecule has 1 atom stereocenters. The van der Waals surface area contributed by atoms with Crippen LogP contribution in [0.15, 0.2) is 35.5 Å². The van der Waals surface area contributed by atoms with Crippen molar-refractivity contribution in [2.24, 2.45) is 0 Å². The lowest BCUT2D eigenvalue weighted by atomic mass is 10.2. The zero-order valence-electron chi connectivity index (χ0n) is 15.4. The van der Waals surface area contributed by atoms with Gasteiger partial charge in [-0.25, -0.2) is 13.2 Å². The average Bonchev–Trinajstić information content (AvgIpc) is 3.31. The van der Waals surface area contributed by atoms with Crippen molar-refractivity contribution in [1.82, 2.24) is 19.5 Å². The van der Waals surface area contributed by atoms with E-state index in [0.29, 0.717) is 23.7 Å². The van der Waals surface area contributed by atoms with Crippen molar-refractivity contribution in [3.8, 4) is 0 Å². The van der Waals surface area contributed by atoms with Gasteiger partial charge in [0.2, 0.25) is 15.9 Å². The summed E-state index contributed by atoms with van der Waals surface area (Å²) in [6.07, 6.45) is 2.95. The number of amides is 2. The van der Waals surface area contributed by atoms with E-state index in [1.807, 2.05) is 0 Å². The molecular formula is C18H19ClN4O5S. The fourth-order valence-corrected chi connectivity index (χ4v) is 5.65. The number of benzene rings is 1. The van der Waals surface area contributed by atoms with Crippen molar-refractivity contribution < 1.29 is 22.7 Å². The molecule has 2 aromatic rings. The Kier molecular flexibility index (Phi) is 5.32. The summed E-state index contributed by atoms with van der Waals surface area (Å²) in [7, 11) is -3.80. The third kappa shape index (κ3) is 3.87. The van der Waals surface area contributed by atoms with Gasteiger partial charge >= 0.3 is 6.09 Å². The zero-order valence-corrected chi connectivity index (χ0v) is 16.9. The maximum Gasteiger partial charge on any atom is 0.410 e. The zero-order chi connectivity index (χ0) is 20.6. The van der Waals surface area contributed by atoms with Gasteiger partial charge in [-0.05, 0) is 12.5 Å². The topological polar surface area (TPSA) is 109 Å². The van der Waals surface area contributed by atoms with Crippen LogP contribution < -0.4 is 5.32 Å². The highest BCUT2D eigenvalue weighted by Crippen LogP contribution is 2.32. The first-order valence-electron chi connectivity index (χ1n) is 9.10. The van der Waals surface area contributed by atoms with E-state index in [2.05, 4.69) is 10.3 Å². The van der Waals surface area contributed by atoms with E-state index in [9.17, 15) is 18.0 Å². The van der Waals surface area contributed by atoms with Crippen molar-refractivity contribution in [1.29, 1.82) is 0 Å². The van der Waals surface area contributed by atoms with Gasteiger partial charge in [0.25, 0.3) is 0 Å². The van der Waals surface area contributed by atoms with Crippen molar-refractivity contribution in [3.05, 3.63) is 35.6 Å². The molecule has 2 saturated heterocycles. The van der Waals surface area contributed by atoms with E-state index in [-0.39, 0.29) is 48.1 Å². The smallest absolute Gasteiger partial charge is 0.410 e. The summed E-state index contributed by atoms with van der Waals surface area (Å²) < 4.78 is 32.6. The quantitative estimate of drug-likeness (QED) is 0.751. The number of ether oxygens (including phenoxy) is 1. The van der Waals surface area contributed by atoms with E-state index in [1.54, 1.807) is 18.3 Å². The minimum Gasteiger partial charge on any atom is -0.448 e. The SMILES string of the molecule is O=C(CN1CCOC1=O)N[C@@H]1CCN(S(=O)(=O)c2cccc3cncc(Cl)c23)C1. The number of carbonyl (C=O) groups is 2. The van der Waals surface area contributed by atoms with Crippen LogP contribution in [0.5, 0.6) is 0 Å². The molecule has 1 aromatic heterocycles. The van der Waals surface area contributed by atoms with Crippen LogP contribution in [0.2, 0.25) is 5.02 Å². The van der Waals surface area contributed by atoms with Gasteiger partial charge < -0.3 is 10.1 Å². The Labute approximate surface area is 172 Å². The molecule has 154 valence electrons. The highest BCUT2D eigenvalue weighted by Gasteiger charge is 2.35. The second-order valence-electron chi connectivity index (χ2n) is 6.93. The first-order valence-corrected chi connectivity index (χ1v) is 10.9. The highest BCUT2D eigenvalue weighted by atomic mass is 35.5. The summed E-state index contributed by atoms with van der Waals surface area (Å²) in [5.74, 6) is -0.340. The minimum absolute atomic E-state index is 0.103. The molecule has 9 nitrogen and oxygen atoms in total. The minimum atomic E-state index is -3.80. The highest BCUT2D eigenvalue weighted by molar-refractivity contribution is 7.89. The van der Waals surface area contributed by atoms with Crippen molar-refractivity contribution in [3.63, 3.8) is 0 Å². The number of cyclic esters (lactones) is 1. The Balaban J connectivity index is 1.47.